The van der Waals surface area contributed by atoms with Gasteiger partial charge in [0.1, 0.15) is 11.9 Å². The molecular formula is C14H25N5O. The van der Waals surface area contributed by atoms with E-state index in [1.807, 2.05) is 6.07 Å². The molecular weight excluding hydrogens is 254 g/mol. The van der Waals surface area contributed by atoms with Crippen LogP contribution < -0.4 is 11.3 Å². The number of nitrogens with zero attached hydrogens (tertiary/aromatic N) is 3. The molecule has 0 aromatic carbocycles. The van der Waals surface area contributed by atoms with E-state index in [1.54, 1.807) is 0 Å². The summed E-state index contributed by atoms with van der Waals surface area (Å²) in [5, 5.41) is 0. The van der Waals surface area contributed by atoms with Crippen molar-refractivity contribution in [2.75, 3.05) is 25.1 Å². The van der Waals surface area contributed by atoms with Crippen LogP contribution in [0.25, 0.3) is 0 Å². The number of nitrogen functional groups attached to an aromatic ring is 1. The largest absolute Gasteiger partial charge is 0.368 e. The molecule has 0 spiro atoms. The number of morpholine rings is 1. The Morgan fingerprint density at radius 3 is 2.70 bits per heavy atom. The normalized spacial score (nSPS) is 20.6. The fourth-order valence-corrected chi connectivity index (χ4v) is 2.29. The first-order valence-corrected chi connectivity index (χ1v) is 7.22. The van der Waals surface area contributed by atoms with Crippen molar-refractivity contribution in [3.8, 4) is 0 Å². The Bertz CT molecular complexity index is 449. The summed E-state index contributed by atoms with van der Waals surface area (Å²) in [6.07, 6.45) is -0.0862. The third-order valence-electron chi connectivity index (χ3n) is 3.62. The van der Waals surface area contributed by atoms with Crippen LogP contribution in [0.1, 0.15) is 51.2 Å². The minimum atomic E-state index is -0.0862. The van der Waals surface area contributed by atoms with Crippen LogP contribution in [0.15, 0.2) is 6.07 Å². The molecule has 1 saturated heterocycles. The highest BCUT2D eigenvalue weighted by Crippen LogP contribution is 2.24. The lowest BCUT2D eigenvalue weighted by atomic mass is 10.1. The highest BCUT2D eigenvalue weighted by molar-refractivity contribution is 5.35. The van der Waals surface area contributed by atoms with Crippen LogP contribution in [0, 0.1) is 0 Å². The lowest BCUT2D eigenvalue weighted by Crippen LogP contribution is -2.42. The lowest BCUT2D eigenvalue weighted by molar-refractivity contribution is -0.0443. The summed E-state index contributed by atoms with van der Waals surface area (Å²) in [7, 11) is 0. The maximum atomic E-state index is 5.84. The van der Waals surface area contributed by atoms with E-state index < -0.39 is 0 Å². The van der Waals surface area contributed by atoms with E-state index in [0.717, 1.165) is 24.6 Å². The van der Waals surface area contributed by atoms with E-state index in [4.69, 9.17) is 10.6 Å². The summed E-state index contributed by atoms with van der Waals surface area (Å²) in [6.45, 7) is 11.1. The van der Waals surface area contributed by atoms with Gasteiger partial charge in [0, 0.05) is 30.9 Å². The predicted octanol–water partition coefficient (Wildman–Crippen LogP) is 1.67. The molecule has 1 unspecified atom stereocenters. The van der Waals surface area contributed by atoms with Crippen molar-refractivity contribution in [1.82, 2.24) is 14.9 Å². The third-order valence-corrected chi connectivity index (χ3v) is 3.62. The molecule has 1 aliphatic heterocycles. The van der Waals surface area contributed by atoms with Gasteiger partial charge in [-0.1, -0.05) is 13.8 Å². The molecule has 2 rings (SSSR count). The van der Waals surface area contributed by atoms with E-state index in [2.05, 4.69) is 48.0 Å². The number of hydrazine groups is 1. The van der Waals surface area contributed by atoms with Gasteiger partial charge >= 0.3 is 0 Å². The van der Waals surface area contributed by atoms with Crippen molar-refractivity contribution < 1.29 is 4.74 Å². The van der Waals surface area contributed by atoms with Crippen LogP contribution in [0.2, 0.25) is 0 Å². The summed E-state index contributed by atoms with van der Waals surface area (Å²) in [4.78, 5) is 11.5. The predicted molar refractivity (Wildman–Crippen MR) is 79.3 cm³/mol. The number of anilines is 1. The van der Waals surface area contributed by atoms with Gasteiger partial charge in [-0.3, -0.25) is 4.90 Å². The molecule has 1 fully saturated rings. The Morgan fingerprint density at radius 2 is 2.10 bits per heavy atom. The average molecular weight is 279 g/mol. The second-order valence-corrected chi connectivity index (χ2v) is 5.78. The minimum Gasteiger partial charge on any atom is -0.368 e. The van der Waals surface area contributed by atoms with E-state index in [9.17, 15) is 0 Å². The molecule has 1 aromatic heterocycles. The number of hydrogen-bond donors (Lipinski definition) is 2. The summed E-state index contributed by atoms with van der Waals surface area (Å²) in [6, 6.07) is 2.39. The first kappa shape index (κ1) is 15.2. The van der Waals surface area contributed by atoms with Gasteiger partial charge in [0.05, 0.1) is 6.61 Å². The highest BCUT2D eigenvalue weighted by Gasteiger charge is 2.26. The molecule has 6 nitrogen and oxygen atoms in total. The molecule has 6 heteroatoms. The van der Waals surface area contributed by atoms with Crippen molar-refractivity contribution >= 4 is 5.82 Å². The maximum Gasteiger partial charge on any atom is 0.161 e. The van der Waals surface area contributed by atoms with Crippen molar-refractivity contribution in [2.45, 2.75) is 45.8 Å². The standard InChI is InChI=1S/C14H25N5O/c1-9(2)11-7-13(18-15)17-14(16-11)12-8-19(10(3)4)5-6-20-12/h7,9-10,12H,5-6,8,15H2,1-4H3,(H,16,17,18). The van der Waals surface area contributed by atoms with E-state index >= 15 is 0 Å². The van der Waals surface area contributed by atoms with Gasteiger partial charge in [-0.05, 0) is 19.8 Å². The molecule has 2 heterocycles. The van der Waals surface area contributed by atoms with Gasteiger partial charge in [-0.25, -0.2) is 15.8 Å². The van der Waals surface area contributed by atoms with Gasteiger partial charge in [-0.15, -0.1) is 0 Å². The molecule has 0 amide bonds. The van der Waals surface area contributed by atoms with Crippen LogP contribution in [0.3, 0.4) is 0 Å². The molecule has 1 aromatic rings. The second-order valence-electron chi connectivity index (χ2n) is 5.78. The topological polar surface area (TPSA) is 76.3 Å². The average Bonchev–Trinajstić information content (AvgIpc) is 2.46. The van der Waals surface area contributed by atoms with Gasteiger partial charge < -0.3 is 10.2 Å². The van der Waals surface area contributed by atoms with Crippen LogP contribution in [0.4, 0.5) is 5.82 Å². The monoisotopic (exact) mass is 279 g/mol. The van der Waals surface area contributed by atoms with Crippen molar-refractivity contribution in [1.29, 1.82) is 0 Å². The van der Waals surface area contributed by atoms with E-state index in [0.29, 0.717) is 24.4 Å². The molecule has 1 aliphatic rings. The molecule has 0 bridgehead atoms. The van der Waals surface area contributed by atoms with Gasteiger partial charge in [-0.2, -0.15) is 0 Å². The van der Waals surface area contributed by atoms with Gasteiger partial charge in [0.2, 0.25) is 0 Å². The number of hydrogen-bond acceptors (Lipinski definition) is 6. The summed E-state index contributed by atoms with van der Waals surface area (Å²) in [5.74, 6) is 7.19. The quantitative estimate of drug-likeness (QED) is 0.645. The number of nitrogens with one attached hydrogen (secondary N) is 1. The van der Waals surface area contributed by atoms with Crippen LogP contribution >= 0.6 is 0 Å². The van der Waals surface area contributed by atoms with Gasteiger partial charge in [0.15, 0.2) is 5.82 Å². The third kappa shape index (κ3) is 3.45. The molecule has 0 saturated carbocycles. The number of rotatable bonds is 4. The van der Waals surface area contributed by atoms with Crippen LogP contribution in [0.5, 0.6) is 0 Å². The van der Waals surface area contributed by atoms with E-state index in [-0.39, 0.29) is 6.10 Å². The van der Waals surface area contributed by atoms with Crippen LogP contribution in [-0.2, 0) is 4.74 Å². The van der Waals surface area contributed by atoms with E-state index in [1.165, 1.54) is 0 Å². The Kier molecular flexibility index (Phi) is 4.91. The molecule has 3 N–H and O–H groups in total. The van der Waals surface area contributed by atoms with Gasteiger partial charge in [0.25, 0.3) is 0 Å². The van der Waals surface area contributed by atoms with Crippen molar-refractivity contribution in [3.63, 3.8) is 0 Å². The maximum absolute atomic E-state index is 5.84. The Hall–Kier alpha value is -1.24. The smallest absolute Gasteiger partial charge is 0.161 e. The van der Waals surface area contributed by atoms with Crippen molar-refractivity contribution in [3.05, 3.63) is 17.6 Å². The van der Waals surface area contributed by atoms with Crippen molar-refractivity contribution in [2.24, 2.45) is 5.84 Å². The first-order valence-electron chi connectivity index (χ1n) is 7.22. The zero-order chi connectivity index (χ0) is 14.7. The Morgan fingerprint density at radius 1 is 1.35 bits per heavy atom. The molecule has 0 radical (unpaired) electrons. The zero-order valence-corrected chi connectivity index (χ0v) is 12.8. The molecule has 112 valence electrons. The Balaban J connectivity index is 2.24. The minimum absolute atomic E-state index is 0.0862. The molecule has 20 heavy (non-hydrogen) atoms. The summed E-state index contributed by atoms with van der Waals surface area (Å²) >= 11 is 0. The first-order chi connectivity index (χ1) is 9.51. The summed E-state index contributed by atoms with van der Waals surface area (Å²) < 4.78 is 5.84. The number of aromatic nitrogens is 2. The SMILES string of the molecule is CC(C)c1cc(NN)nc(C2CN(C(C)C)CCO2)n1. The summed E-state index contributed by atoms with van der Waals surface area (Å²) in [5.41, 5.74) is 3.60. The number of ether oxygens (including phenoxy) is 1. The second kappa shape index (κ2) is 6.47. The molecule has 0 aliphatic carbocycles. The molecule has 1 atom stereocenters. The van der Waals surface area contributed by atoms with Crippen LogP contribution in [-0.4, -0.2) is 40.6 Å². The fourth-order valence-electron chi connectivity index (χ4n) is 2.29. The lowest BCUT2D eigenvalue weighted by Gasteiger charge is -2.34. The Labute approximate surface area is 120 Å². The fraction of sp³-hybridized carbons (Fsp3) is 0.714. The highest BCUT2D eigenvalue weighted by atomic mass is 16.5. The zero-order valence-electron chi connectivity index (χ0n) is 12.8. The number of nitrogens with two attached hydrogens (primary N) is 1.